The van der Waals surface area contributed by atoms with E-state index < -0.39 is 5.97 Å². The Kier molecular flexibility index (Phi) is 1.61. The second kappa shape index (κ2) is 2.55. The Morgan fingerprint density at radius 3 is 2.69 bits per heavy atom. The molecule has 0 unspecified atom stereocenters. The molecule has 2 N–H and O–H groups in total. The average Bonchev–Trinajstić information content (AvgIpc) is 2.65. The van der Waals surface area contributed by atoms with E-state index in [1.165, 1.54) is 0 Å². The van der Waals surface area contributed by atoms with E-state index in [2.05, 4.69) is 15.4 Å². The molecule has 1 aromatic rings. The number of aliphatic carboxylic acids is 1. The summed E-state index contributed by atoms with van der Waals surface area (Å²) in [6.45, 7) is 1.85. The molecule has 0 saturated heterocycles. The van der Waals surface area contributed by atoms with E-state index in [-0.39, 0.29) is 11.8 Å². The Bertz CT molecular complexity index is 341. The van der Waals surface area contributed by atoms with E-state index in [1.54, 1.807) is 0 Å². The number of aromatic nitrogens is 3. The zero-order valence-corrected chi connectivity index (χ0v) is 7.37. The van der Waals surface area contributed by atoms with Crippen LogP contribution in [0.1, 0.15) is 30.7 Å². The van der Waals surface area contributed by atoms with Crippen LogP contribution in [-0.4, -0.2) is 26.5 Å². The van der Waals surface area contributed by atoms with Crippen molar-refractivity contribution in [2.75, 3.05) is 0 Å². The molecule has 1 fully saturated rings. The first-order valence-electron chi connectivity index (χ1n) is 4.24. The Morgan fingerprint density at radius 2 is 2.31 bits per heavy atom. The molecule has 1 aromatic heterocycles. The quantitative estimate of drug-likeness (QED) is 0.716. The second-order valence-electron chi connectivity index (χ2n) is 3.61. The van der Waals surface area contributed by atoms with E-state index in [1.807, 2.05) is 6.92 Å². The molecule has 0 bridgehead atoms. The molecule has 1 saturated carbocycles. The predicted octanol–water partition coefficient (Wildman–Crippen LogP) is 0.619. The Morgan fingerprint density at radius 1 is 1.62 bits per heavy atom. The van der Waals surface area contributed by atoms with Crippen molar-refractivity contribution >= 4 is 5.97 Å². The first kappa shape index (κ1) is 8.22. The minimum atomic E-state index is -0.764. The van der Waals surface area contributed by atoms with E-state index in [0.29, 0.717) is 0 Å². The summed E-state index contributed by atoms with van der Waals surface area (Å²) in [5.74, 6) is -0.764. The number of rotatable bonds is 3. The monoisotopic (exact) mass is 181 g/mol. The van der Waals surface area contributed by atoms with Crippen LogP contribution >= 0.6 is 0 Å². The van der Waals surface area contributed by atoms with Crippen LogP contribution in [0.5, 0.6) is 0 Å². The maximum absolute atomic E-state index is 10.6. The average molecular weight is 181 g/mol. The smallest absolute Gasteiger partial charge is 0.304 e. The lowest BCUT2D eigenvalue weighted by Crippen LogP contribution is -2.14. The number of nitrogens with one attached hydrogen (secondary N) is 1. The van der Waals surface area contributed by atoms with Crippen molar-refractivity contribution in [3.05, 3.63) is 11.4 Å². The van der Waals surface area contributed by atoms with Crippen LogP contribution in [0, 0.1) is 6.92 Å². The number of carboxylic acids is 1. The van der Waals surface area contributed by atoms with Gasteiger partial charge in [-0.15, -0.1) is 0 Å². The van der Waals surface area contributed by atoms with Crippen molar-refractivity contribution in [2.45, 2.75) is 31.6 Å². The van der Waals surface area contributed by atoms with Gasteiger partial charge < -0.3 is 5.11 Å². The van der Waals surface area contributed by atoms with Gasteiger partial charge in [0.05, 0.1) is 17.8 Å². The van der Waals surface area contributed by atoms with Gasteiger partial charge in [0.15, 0.2) is 0 Å². The number of H-pyrrole nitrogens is 1. The van der Waals surface area contributed by atoms with Gasteiger partial charge in [-0.05, 0) is 19.8 Å². The highest BCUT2D eigenvalue weighted by atomic mass is 16.4. The van der Waals surface area contributed by atoms with Crippen molar-refractivity contribution in [2.24, 2.45) is 0 Å². The molecule has 5 heteroatoms. The number of hydrogen-bond acceptors (Lipinski definition) is 3. The fourth-order valence-corrected chi connectivity index (χ4v) is 1.72. The lowest BCUT2D eigenvalue weighted by atomic mass is 9.97. The fraction of sp³-hybridized carbons (Fsp3) is 0.625. The topological polar surface area (TPSA) is 78.9 Å². The highest BCUT2D eigenvalue weighted by Crippen LogP contribution is 2.50. The van der Waals surface area contributed by atoms with Gasteiger partial charge in [0.1, 0.15) is 0 Å². The van der Waals surface area contributed by atoms with Crippen molar-refractivity contribution in [3.63, 3.8) is 0 Å². The normalized spacial score (nSPS) is 18.5. The largest absolute Gasteiger partial charge is 0.481 e. The zero-order valence-electron chi connectivity index (χ0n) is 7.37. The number of nitrogens with zero attached hydrogens (tertiary/aromatic N) is 2. The molecule has 0 aromatic carbocycles. The summed E-state index contributed by atoms with van der Waals surface area (Å²) < 4.78 is 0. The van der Waals surface area contributed by atoms with Crippen molar-refractivity contribution in [3.8, 4) is 0 Å². The third-order valence-electron chi connectivity index (χ3n) is 2.57. The van der Waals surface area contributed by atoms with Gasteiger partial charge in [0.25, 0.3) is 0 Å². The summed E-state index contributed by atoms with van der Waals surface area (Å²) in [5, 5.41) is 19.1. The summed E-state index contributed by atoms with van der Waals surface area (Å²) in [6.07, 6.45) is 1.99. The number of hydrogen-bond donors (Lipinski definition) is 2. The molecule has 1 aliphatic rings. The molecule has 70 valence electrons. The van der Waals surface area contributed by atoms with Gasteiger partial charge in [-0.3, -0.25) is 4.79 Å². The number of carbonyl (C=O) groups is 1. The summed E-state index contributed by atoms with van der Waals surface area (Å²) in [7, 11) is 0. The fourth-order valence-electron chi connectivity index (χ4n) is 1.72. The SMILES string of the molecule is Cc1n[nH]nc1C1(CC(=O)O)CC1. The lowest BCUT2D eigenvalue weighted by molar-refractivity contribution is -0.137. The van der Waals surface area contributed by atoms with Crippen LogP contribution in [0.2, 0.25) is 0 Å². The van der Waals surface area contributed by atoms with Gasteiger partial charge in [-0.25, -0.2) is 0 Å². The number of aryl methyl sites for hydroxylation is 1. The molecule has 1 aliphatic carbocycles. The van der Waals surface area contributed by atoms with E-state index >= 15 is 0 Å². The number of aromatic amines is 1. The third-order valence-corrected chi connectivity index (χ3v) is 2.57. The maximum Gasteiger partial charge on any atom is 0.304 e. The molecular formula is C8H11N3O2. The van der Waals surface area contributed by atoms with Gasteiger partial charge in [0.2, 0.25) is 0 Å². The van der Waals surface area contributed by atoms with E-state index in [0.717, 1.165) is 24.2 Å². The summed E-state index contributed by atoms with van der Waals surface area (Å²) >= 11 is 0. The molecular weight excluding hydrogens is 170 g/mol. The molecule has 5 nitrogen and oxygen atoms in total. The van der Waals surface area contributed by atoms with Gasteiger partial charge in [0, 0.05) is 5.41 Å². The molecule has 1 heterocycles. The van der Waals surface area contributed by atoms with Crippen LogP contribution in [0.3, 0.4) is 0 Å². The minimum absolute atomic E-state index is 0.167. The summed E-state index contributed by atoms with van der Waals surface area (Å²) in [5.41, 5.74) is 1.43. The van der Waals surface area contributed by atoms with Crippen LogP contribution in [0.4, 0.5) is 0 Å². The molecule has 0 atom stereocenters. The minimum Gasteiger partial charge on any atom is -0.481 e. The van der Waals surface area contributed by atoms with Crippen LogP contribution < -0.4 is 0 Å². The van der Waals surface area contributed by atoms with Crippen molar-refractivity contribution in [1.82, 2.24) is 15.4 Å². The van der Waals surface area contributed by atoms with Gasteiger partial charge in [-0.2, -0.15) is 15.4 Å². The Labute approximate surface area is 75.2 Å². The molecule has 13 heavy (non-hydrogen) atoms. The van der Waals surface area contributed by atoms with E-state index in [4.69, 9.17) is 5.11 Å². The standard InChI is InChI=1S/C8H11N3O2/c1-5-7(10-11-9-5)8(2-3-8)4-6(12)13/h2-4H2,1H3,(H,12,13)(H,9,10,11). The Balaban J connectivity index is 2.25. The van der Waals surface area contributed by atoms with Crippen LogP contribution in [0.15, 0.2) is 0 Å². The highest BCUT2D eigenvalue weighted by Gasteiger charge is 2.49. The van der Waals surface area contributed by atoms with Crippen LogP contribution in [0.25, 0.3) is 0 Å². The first-order chi connectivity index (χ1) is 6.14. The molecule has 0 radical (unpaired) electrons. The van der Waals surface area contributed by atoms with Crippen molar-refractivity contribution in [1.29, 1.82) is 0 Å². The summed E-state index contributed by atoms with van der Waals surface area (Å²) in [6, 6.07) is 0. The first-order valence-corrected chi connectivity index (χ1v) is 4.24. The van der Waals surface area contributed by atoms with E-state index in [9.17, 15) is 4.79 Å². The van der Waals surface area contributed by atoms with Gasteiger partial charge in [-0.1, -0.05) is 0 Å². The van der Waals surface area contributed by atoms with Gasteiger partial charge >= 0.3 is 5.97 Å². The molecule has 0 amide bonds. The maximum atomic E-state index is 10.6. The van der Waals surface area contributed by atoms with Crippen molar-refractivity contribution < 1.29 is 9.90 Å². The molecule has 0 aliphatic heterocycles. The Hall–Kier alpha value is -1.39. The zero-order chi connectivity index (χ0) is 9.47. The lowest BCUT2D eigenvalue weighted by Gasteiger charge is -2.08. The third kappa shape index (κ3) is 1.30. The second-order valence-corrected chi connectivity index (χ2v) is 3.61. The van der Waals surface area contributed by atoms with Crippen LogP contribution in [-0.2, 0) is 10.2 Å². The number of carboxylic acid groups (broad SMARTS) is 1. The predicted molar refractivity (Wildman–Crippen MR) is 44.3 cm³/mol. The highest BCUT2D eigenvalue weighted by molar-refractivity contribution is 5.69. The molecule has 0 spiro atoms. The summed E-state index contributed by atoms with van der Waals surface area (Å²) in [4.78, 5) is 10.6. The molecule has 2 rings (SSSR count).